The van der Waals surface area contributed by atoms with Gasteiger partial charge in [-0.1, -0.05) is 6.92 Å². The quantitative estimate of drug-likeness (QED) is 0.787. The number of nitrogens with zero attached hydrogens (tertiary/aromatic N) is 3. The second kappa shape index (κ2) is 5.89. The molecule has 0 N–H and O–H groups in total. The van der Waals surface area contributed by atoms with E-state index in [2.05, 4.69) is 42.6 Å². The molecule has 0 unspecified atom stereocenters. The van der Waals surface area contributed by atoms with E-state index in [1.807, 2.05) is 12.4 Å². The highest BCUT2D eigenvalue weighted by atomic mass is 32.2. The van der Waals surface area contributed by atoms with E-state index >= 15 is 0 Å². The molecular weight excluding hydrogens is 246 g/mol. The molecule has 4 nitrogen and oxygen atoms in total. The highest BCUT2D eigenvalue weighted by molar-refractivity contribution is 7.99. The first-order valence-corrected chi connectivity index (χ1v) is 7.47. The van der Waals surface area contributed by atoms with Crippen molar-refractivity contribution in [2.75, 3.05) is 17.2 Å². The summed E-state index contributed by atoms with van der Waals surface area (Å²) in [4.78, 5) is 11.3. The van der Waals surface area contributed by atoms with Crippen molar-refractivity contribution in [3.8, 4) is 0 Å². The minimum absolute atomic E-state index is 0.220. The van der Waals surface area contributed by atoms with Crippen LogP contribution in [0.1, 0.15) is 27.7 Å². The van der Waals surface area contributed by atoms with Gasteiger partial charge in [-0.25, -0.2) is 4.98 Å². The van der Waals surface area contributed by atoms with Gasteiger partial charge in [0.05, 0.1) is 30.6 Å². The van der Waals surface area contributed by atoms with E-state index < -0.39 is 0 Å². The van der Waals surface area contributed by atoms with Gasteiger partial charge in [-0.05, 0) is 26.5 Å². The molecule has 1 aromatic heterocycles. The Morgan fingerprint density at radius 2 is 2.17 bits per heavy atom. The lowest BCUT2D eigenvalue weighted by Crippen LogP contribution is -2.52. The van der Waals surface area contributed by atoms with Crippen LogP contribution in [0.15, 0.2) is 17.4 Å². The molecule has 2 rings (SSSR count). The average Bonchev–Trinajstić information content (AvgIpc) is 2.34. The number of aromatic nitrogens is 2. The molecular formula is C13H21N3OS. The van der Waals surface area contributed by atoms with Crippen LogP contribution < -0.4 is 4.90 Å². The van der Waals surface area contributed by atoms with Gasteiger partial charge in [-0.15, -0.1) is 11.8 Å². The first-order valence-electron chi connectivity index (χ1n) is 6.48. The molecule has 1 aliphatic heterocycles. The molecule has 5 heteroatoms. The van der Waals surface area contributed by atoms with Crippen molar-refractivity contribution in [1.29, 1.82) is 0 Å². The minimum Gasteiger partial charge on any atom is -0.372 e. The topological polar surface area (TPSA) is 38.2 Å². The first kappa shape index (κ1) is 13.6. The molecule has 0 aliphatic carbocycles. The van der Waals surface area contributed by atoms with Gasteiger partial charge in [0.2, 0.25) is 0 Å². The maximum absolute atomic E-state index is 5.83. The summed E-state index contributed by atoms with van der Waals surface area (Å²) in [5.74, 6) is 1.98. The molecule has 1 aliphatic rings. The van der Waals surface area contributed by atoms with Gasteiger partial charge < -0.3 is 9.64 Å². The Balaban J connectivity index is 2.20. The third kappa shape index (κ3) is 2.95. The van der Waals surface area contributed by atoms with Crippen LogP contribution in [0.5, 0.6) is 0 Å². The van der Waals surface area contributed by atoms with E-state index in [-0.39, 0.29) is 12.2 Å². The van der Waals surface area contributed by atoms with Crippen molar-refractivity contribution < 1.29 is 4.74 Å². The molecule has 100 valence electrons. The Hall–Kier alpha value is -0.810. The summed E-state index contributed by atoms with van der Waals surface area (Å²) in [6, 6.07) is 0.331. The molecule has 0 aromatic carbocycles. The summed E-state index contributed by atoms with van der Waals surface area (Å²) in [6.45, 7) is 9.40. The molecule has 1 saturated heterocycles. The molecule has 0 spiro atoms. The summed E-state index contributed by atoms with van der Waals surface area (Å²) in [7, 11) is 0. The van der Waals surface area contributed by atoms with Gasteiger partial charge in [0.15, 0.2) is 0 Å². The van der Waals surface area contributed by atoms with Crippen molar-refractivity contribution in [3.05, 3.63) is 12.4 Å². The standard InChI is InChI=1S/C13H21N3OS/c1-5-18-13-7-14-6-12(15-13)16-8-9(2)17-11(4)10(16)3/h6-7,9-11H,5,8H2,1-4H3/t9-,10-,11-/m0/s1. The average molecular weight is 267 g/mol. The summed E-state index contributed by atoms with van der Waals surface area (Å²) in [5, 5.41) is 0.994. The number of anilines is 1. The van der Waals surface area contributed by atoms with Crippen LogP contribution in [-0.2, 0) is 4.74 Å². The van der Waals surface area contributed by atoms with Gasteiger partial charge in [-0.2, -0.15) is 0 Å². The fourth-order valence-electron chi connectivity index (χ4n) is 2.22. The van der Waals surface area contributed by atoms with Crippen molar-refractivity contribution in [1.82, 2.24) is 9.97 Å². The highest BCUT2D eigenvalue weighted by Crippen LogP contribution is 2.25. The van der Waals surface area contributed by atoms with E-state index in [0.717, 1.165) is 23.1 Å². The molecule has 0 bridgehead atoms. The number of hydrogen-bond donors (Lipinski definition) is 0. The zero-order valence-electron chi connectivity index (χ0n) is 11.5. The summed E-state index contributed by atoms with van der Waals surface area (Å²) < 4.78 is 5.83. The summed E-state index contributed by atoms with van der Waals surface area (Å²) >= 11 is 1.72. The maximum Gasteiger partial charge on any atom is 0.148 e. The summed E-state index contributed by atoms with van der Waals surface area (Å²) in [6.07, 6.45) is 4.13. The van der Waals surface area contributed by atoms with E-state index in [1.54, 1.807) is 11.8 Å². The number of rotatable bonds is 3. The van der Waals surface area contributed by atoms with Crippen LogP contribution >= 0.6 is 11.8 Å². The van der Waals surface area contributed by atoms with Gasteiger partial charge in [-0.3, -0.25) is 4.98 Å². The van der Waals surface area contributed by atoms with Crippen molar-refractivity contribution >= 4 is 17.6 Å². The van der Waals surface area contributed by atoms with Crippen LogP contribution in [-0.4, -0.2) is 40.5 Å². The molecule has 0 saturated carbocycles. The smallest absolute Gasteiger partial charge is 0.148 e. The third-order valence-corrected chi connectivity index (χ3v) is 4.04. The van der Waals surface area contributed by atoms with Crippen molar-refractivity contribution in [3.63, 3.8) is 0 Å². The first-order chi connectivity index (χ1) is 8.61. The molecule has 1 aromatic rings. The van der Waals surface area contributed by atoms with E-state index in [1.165, 1.54) is 0 Å². The van der Waals surface area contributed by atoms with Gasteiger partial charge in [0.1, 0.15) is 10.8 Å². The molecule has 3 atom stereocenters. The number of morpholine rings is 1. The molecule has 0 radical (unpaired) electrons. The number of ether oxygens (including phenoxy) is 1. The van der Waals surface area contributed by atoms with Gasteiger partial charge in [0, 0.05) is 6.54 Å². The van der Waals surface area contributed by atoms with Gasteiger partial charge in [0.25, 0.3) is 0 Å². The predicted octanol–water partition coefficient (Wildman–Crippen LogP) is 2.59. The lowest BCUT2D eigenvalue weighted by atomic mass is 10.1. The van der Waals surface area contributed by atoms with Crippen LogP contribution in [0.25, 0.3) is 0 Å². The zero-order valence-corrected chi connectivity index (χ0v) is 12.3. The number of hydrogen-bond acceptors (Lipinski definition) is 5. The van der Waals surface area contributed by atoms with E-state index in [4.69, 9.17) is 4.74 Å². The fraction of sp³-hybridized carbons (Fsp3) is 0.692. The SMILES string of the molecule is CCSc1cncc(N2C[C@H](C)O[C@@H](C)[C@@H]2C)n1. The second-order valence-corrected chi connectivity index (χ2v) is 5.98. The lowest BCUT2D eigenvalue weighted by Gasteiger charge is -2.41. The normalized spacial score (nSPS) is 28.4. The monoisotopic (exact) mass is 267 g/mol. The Kier molecular flexibility index (Phi) is 4.45. The predicted molar refractivity (Wildman–Crippen MR) is 75.2 cm³/mol. The van der Waals surface area contributed by atoms with Crippen LogP contribution in [0.2, 0.25) is 0 Å². The zero-order chi connectivity index (χ0) is 13.1. The molecule has 0 amide bonds. The molecule has 2 heterocycles. The Labute approximate surface area is 113 Å². The molecule has 18 heavy (non-hydrogen) atoms. The number of thioether (sulfide) groups is 1. The van der Waals surface area contributed by atoms with E-state index in [9.17, 15) is 0 Å². The fourth-order valence-corrected chi connectivity index (χ4v) is 2.81. The summed E-state index contributed by atoms with van der Waals surface area (Å²) in [5.41, 5.74) is 0. The van der Waals surface area contributed by atoms with Crippen LogP contribution in [0.4, 0.5) is 5.82 Å². The second-order valence-electron chi connectivity index (χ2n) is 4.69. The highest BCUT2D eigenvalue weighted by Gasteiger charge is 2.30. The van der Waals surface area contributed by atoms with Crippen molar-refractivity contribution in [2.24, 2.45) is 0 Å². The lowest BCUT2D eigenvalue weighted by molar-refractivity contribution is -0.0261. The minimum atomic E-state index is 0.220. The molecule has 1 fully saturated rings. The van der Waals surface area contributed by atoms with Crippen molar-refractivity contribution in [2.45, 2.75) is 51.0 Å². The largest absolute Gasteiger partial charge is 0.372 e. The maximum atomic E-state index is 5.83. The Bertz CT molecular complexity index is 402. The van der Waals surface area contributed by atoms with Crippen LogP contribution in [0.3, 0.4) is 0 Å². The third-order valence-electron chi connectivity index (χ3n) is 3.26. The Morgan fingerprint density at radius 1 is 1.39 bits per heavy atom. The Morgan fingerprint density at radius 3 is 2.89 bits per heavy atom. The van der Waals surface area contributed by atoms with Gasteiger partial charge >= 0.3 is 0 Å². The van der Waals surface area contributed by atoms with Crippen LogP contribution in [0, 0.1) is 0 Å². The van der Waals surface area contributed by atoms with E-state index in [0.29, 0.717) is 6.04 Å².